The van der Waals surface area contributed by atoms with Gasteiger partial charge in [-0.25, -0.2) is 4.98 Å². The van der Waals surface area contributed by atoms with E-state index in [1.54, 1.807) is 12.4 Å². The Balaban J connectivity index is 2.11. The number of aromatic nitrogens is 3. The highest BCUT2D eigenvalue weighted by Crippen LogP contribution is 2.27. The van der Waals surface area contributed by atoms with Crippen molar-refractivity contribution in [3.63, 3.8) is 0 Å². The number of thiophene rings is 1. The SMILES string of the molecule is Cc1cc(Cn2c(C(C)Cl)nc3cnccc32)sc1C. The molecule has 1 unspecified atom stereocenters. The summed E-state index contributed by atoms with van der Waals surface area (Å²) in [6.45, 7) is 7.07. The third kappa shape index (κ3) is 2.34. The summed E-state index contributed by atoms with van der Waals surface area (Å²) in [4.78, 5) is 11.4. The molecule has 0 spiro atoms. The van der Waals surface area contributed by atoms with Crippen LogP contribution in [0.2, 0.25) is 0 Å². The first-order valence-electron chi connectivity index (χ1n) is 6.56. The van der Waals surface area contributed by atoms with Gasteiger partial charge in [-0.15, -0.1) is 22.9 Å². The molecule has 0 aliphatic carbocycles. The molecule has 0 bridgehead atoms. The molecule has 0 fully saturated rings. The van der Waals surface area contributed by atoms with Gasteiger partial charge in [-0.2, -0.15) is 0 Å². The van der Waals surface area contributed by atoms with E-state index in [0.29, 0.717) is 0 Å². The van der Waals surface area contributed by atoms with Crippen LogP contribution in [0.15, 0.2) is 24.5 Å². The molecule has 104 valence electrons. The lowest BCUT2D eigenvalue weighted by molar-refractivity contribution is 0.750. The van der Waals surface area contributed by atoms with Gasteiger partial charge >= 0.3 is 0 Å². The number of pyridine rings is 1. The summed E-state index contributed by atoms with van der Waals surface area (Å²) in [5.74, 6) is 0.901. The molecule has 1 atom stereocenters. The van der Waals surface area contributed by atoms with E-state index in [0.717, 1.165) is 23.4 Å². The second-order valence-corrected chi connectivity index (χ2v) is 6.98. The highest BCUT2D eigenvalue weighted by molar-refractivity contribution is 7.12. The van der Waals surface area contributed by atoms with Crippen LogP contribution < -0.4 is 0 Å². The molecule has 0 aliphatic rings. The van der Waals surface area contributed by atoms with Gasteiger partial charge in [0.15, 0.2) is 0 Å². The predicted molar refractivity (Wildman–Crippen MR) is 84.7 cm³/mol. The molecule has 0 saturated heterocycles. The van der Waals surface area contributed by atoms with Gasteiger partial charge in [0.05, 0.1) is 23.6 Å². The van der Waals surface area contributed by atoms with E-state index < -0.39 is 0 Å². The van der Waals surface area contributed by atoms with Crippen LogP contribution in [-0.4, -0.2) is 14.5 Å². The van der Waals surface area contributed by atoms with E-state index in [-0.39, 0.29) is 5.38 Å². The second kappa shape index (κ2) is 5.19. The monoisotopic (exact) mass is 305 g/mol. The summed E-state index contributed by atoms with van der Waals surface area (Å²) >= 11 is 8.12. The molecule has 0 aliphatic heterocycles. The quantitative estimate of drug-likeness (QED) is 0.669. The van der Waals surface area contributed by atoms with E-state index in [4.69, 9.17) is 11.6 Å². The fraction of sp³-hybridized carbons (Fsp3) is 0.333. The number of fused-ring (bicyclic) bond motifs is 1. The Kier molecular flexibility index (Phi) is 3.52. The first-order chi connectivity index (χ1) is 9.56. The summed E-state index contributed by atoms with van der Waals surface area (Å²) < 4.78 is 2.19. The van der Waals surface area contributed by atoms with E-state index in [1.165, 1.54) is 15.3 Å². The minimum absolute atomic E-state index is 0.121. The van der Waals surface area contributed by atoms with Crippen LogP contribution in [-0.2, 0) is 6.54 Å². The zero-order chi connectivity index (χ0) is 14.3. The molecule has 0 aromatic carbocycles. The van der Waals surface area contributed by atoms with E-state index in [9.17, 15) is 0 Å². The lowest BCUT2D eigenvalue weighted by Gasteiger charge is -2.09. The van der Waals surface area contributed by atoms with Gasteiger partial charge in [0.1, 0.15) is 11.3 Å². The Labute approximate surface area is 127 Å². The van der Waals surface area contributed by atoms with Crippen LogP contribution in [0.3, 0.4) is 0 Å². The van der Waals surface area contributed by atoms with Crippen molar-refractivity contribution < 1.29 is 0 Å². The maximum Gasteiger partial charge on any atom is 0.128 e. The molecule has 0 amide bonds. The van der Waals surface area contributed by atoms with Crippen molar-refractivity contribution in [2.45, 2.75) is 32.7 Å². The van der Waals surface area contributed by atoms with Crippen molar-refractivity contribution >= 4 is 34.0 Å². The topological polar surface area (TPSA) is 30.7 Å². The first kappa shape index (κ1) is 13.6. The molecule has 20 heavy (non-hydrogen) atoms. The van der Waals surface area contributed by atoms with Crippen LogP contribution in [0.4, 0.5) is 0 Å². The molecule has 0 N–H and O–H groups in total. The Morgan fingerprint density at radius 3 is 2.85 bits per heavy atom. The fourth-order valence-corrected chi connectivity index (χ4v) is 3.56. The van der Waals surface area contributed by atoms with Gasteiger partial charge in [-0.05, 0) is 38.5 Å². The molecular formula is C15H16ClN3S. The molecular weight excluding hydrogens is 290 g/mol. The van der Waals surface area contributed by atoms with Crippen LogP contribution >= 0.6 is 22.9 Å². The van der Waals surface area contributed by atoms with Gasteiger partial charge in [0.2, 0.25) is 0 Å². The number of nitrogens with zero attached hydrogens (tertiary/aromatic N) is 3. The molecule has 3 heterocycles. The minimum Gasteiger partial charge on any atom is -0.321 e. The summed E-state index contributed by atoms with van der Waals surface area (Å²) in [6.07, 6.45) is 3.59. The van der Waals surface area contributed by atoms with E-state index >= 15 is 0 Å². The lowest BCUT2D eigenvalue weighted by atomic mass is 10.3. The zero-order valence-electron chi connectivity index (χ0n) is 11.7. The Hall–Kier alpha value is -1.39. The summed E-state index contributed by atoms with van der Waals surface area (Å²) in [6, 6.07) is 4.24. The normalized spacial score (nSPS) is 13.0. The largest absolute Gasteiger partial charge is 0.321 e. The molecule has 3 aromatic rings. The van der Waals surface area contributed by atoms with Crippen LogP contribution in [0, 0.1) is 13.8 Å². The number of rotatable bonds is 3. The van der Waals surface area contributed by atoms with Crippen LogP contribution in [0.1, 0.15) is 33.4 Å². The number of alkyl halides is 1. The van der Waals surface area contributed by atoms with Crippen LogP contribution in [0.25, 0.3) is 11.0 Å². The Bertz CT molecular complexity index is 738. The van der Waals surface area contributed by atoms with Crippen molar-refractivity contribution in [1.82, 2.24) is 14.5 Å². The first-order valence-corrected chi connectivity index (χ1v) is 7.81. The summed E-state index contributed by atoms with van der Waals surface area (Å²) in [5.41, 5.74) is 3.34. The van der Waals surface area contributed by atoms with E-state index in [2.05, 4.69) is 34.4 Å². The number of hydrogen-bond donors (Lipinski definition) is 0. The van der Waals surface area contributed by atoms with Gasteiger partial charge in [-0.1, -0.05) is 0 Å². The molecule has 3 aromatic heterocycles. The maximum absolute atomic E-state index is 6.28. The smallest absolute Gasteiger partial charge is 0.128 e. The van der Waals surface area contributed by atoms with Crippen molar-refractivity contribution in [3.05, 3.63) is 45.7 Å². The lowest BCUT2D eigenvalue weighted by Crippen LogP contribution is -2.04. The summed E-state index contributed by atoms with van der Waals surface area (Å²) in [5, 5.41) is -0.121. The summed E-state index contributed by atoms with van der Waals surface area (Å²) in [7, 11) is 0. The molecule has 3 nitrogen and oxygen atoms in total. The highest BCUT2D eigenvalue weighted by atomic mass is 35.5. The van der Waals surface area contributed by atoms with Crippen LogP contribution in [0.5, 0.6) is 0 Å². The minimum atomic E-state index is -0.121. The average Bonchev–Trinajstić information content (AvgIpc) is 2.92. The molecule has 0 saturated carbocycles. The zero-order valence-corrected chi connectivity index (χ0v) is 13.3. The molecule has 5 heteroatoms. The number of hydrogen-bond acceptors (Lipinski definition) is 3. The van der Waals surface area contributed by atoms with Gasteiger partial charge in [-0.3, -0.25) is 4.98 Å². The number of aryl methyl sites for hydroxylation is 2. The maximum atomic E-state index is 6.28. The molecule has 3 rings (SSSR count). The standard InChI is InChI=1S/C15H16ClN3S/c1-9-6-12(20-11(9)3)8-19-14-4-5-17-7-13(14)18-15(19)10(2)16/h4-7,10H,8H2,1-3H3. The van der Waals surface area contributed by atoms with Gasteiger partial charge < -0.3 is 4.57 Å². The van der Waals surface area contributed by atoms with Crippen molar-refractivity contribution in [2.24, 2.45) is 0 Å². The van der Waals surface area contributed by atoms with Crippen molar-refractivity contribution in [2.75, 3.05) is 0 Å². The average molecular weight is 306 g/mol. The number of halogens is 1. The van der Waals surface area contributed by atoms with Crippen molar-refractivity contribution in [3.8, 4) is 0 Å². The Morgan fingerprint density at radius 2 is 2.20 bits per heavy atom. The Morgan fingerprint density at radius 1 is 1.40 bits per heavy atom. The van der Waals surface area contributed by atoms with Gasteiger partial charge in [0, 0.05) is 16.0 Å². The third-order valence-electron chi connectivity index (χ3n) is 3.47. The third-order valence-corrected chi connectivity index (χ3v) is 4.80. The van der Waals surface area contributed by atoms with E-state index in [1.807, 2.05) is 24.3 Å². The van der Waals surface area contributed by atoms with Gasteiger partial charge in [0.25, 0.3) is 0 Å². The molecule has 0 radical (unpaired) electrons. The van der Waals surface area contributed by atoms with Crippen molar-refractivity contribution in [1.29, 1.82) is 0 Å². The predicted octanol–water partition coefficient (Wildman–Crippen LogP) is 4.46. The highest BCUT2D eigenvalue weighted by Gasteiger charge is 2.16. The fourth-order valence-electron chi connectivity index (χ4n) is 2.35. The number of imidazole rings is 1. The second-order valence-electron chi connectivity index (χ2n) is 4.99.